The lowest BCUT2D eigenvalue weighted by atomic mass is 10.3. The molecule has 7 nitrogen and oxygen atoms in total. The molecule has 1 aromatic rings. The zero-order valence-corrected chi connectivity index (χ0v) is 12.6. The maximum Gasteiger partial charge on any atom is 0.433 e. The van der Waals surface area contributed by atoms with Gasteiger partial charge in [0.25, 0.3) is 0 Å². The fraction of sp³-hybridized carbons (Fsp3) is 0.333. The number of carbonyl (C=O) groups is 2. The molecule has 0 heterocycles. The lowest BCUT2D eigenvalue weighted by molar-refractivity contribution is 0.138. The van der Waals surface area contributed by atoms with Gasteiger partial charge in [0, 0.05) is 4.47 Å². The third kappa shape index (κ3) is 4.30. The fourth-order valence-electron chi connectivity index (χ4n) is 1.32. The molecule has 0 unspecified atom stereocenters. The number of ether oxygens (including phenoxy) is 2. The summed E-state index contributed by atoms with van der Waals surface area (Å²) in [7, 11) is 0. The van der Waals surface area contributed by atoms with Gasteiger partial charge in [0.1, 0.15) is 5.75 Å². The maximum atomic E-state index is 11.9. The minimum Gasteiger partial charge on any atom is -0.508 e. The quantitative estimate of drug-likeness (QED) is 0.821. The molecule has 1 aromatic carbocycles. The van der Waals surface area contributed by atoms with E-state index in [-0.39, 0.29) is 19.0 Å². The van der Waals surface area contributed by atoms with Crippen molar-refractivity contribution in [3.8, 4) is 5.75 Å². The Morgan fingerprint density at radius 3 is 2.50 bits per heavy atom. The summed E-state index contributed by atoms with van der Waals surface area (Å²) >= 11 is 3.19. The monoisotopic (exact) mass is 346 g/mol. The van der Waals surface area contributed by atoms with Crippen molar-refractivity contribution in [2.24, 2.45) is 0 Å². The number of phenols is 1. The van der Waals surface area contributed by atoms with Crippen LogP contribution >= 0.6 is 15.9 Å². The summed E-state index contributed by atoms with van der Waals surface area (Å²) in [5, 5.41) is 10.2. The van der Waals surface area contributed by atoms with Crippen molar-refractivity contribution in [1.29, 1.82) is 0 Å². The molecule has 2 amide bonds. The van der Waals surface area contributed by atoms with Gasteiger partial charge in [0.05, 0.1) is 18.9 Å². The number of phenolic OH excluding ortho intramolecular Hbond substituents is 1. The highest BCUT2D eigenvalue weighted by molar-refractivity contribution is 9.10. The second-order valence-electron chi connectivity index (χ2n) is 3.50. The first-order valence-electron chi connectivity index (χ1n) is 5.88. The van der Waals surface area contributed by atoms with Gasteiger partial charge in [-0.3, -0.25) is 0 Å². The first-order chi connectivity index (χ1) is 9.49. The SMILES string of the molecule is CCOC(=O)NN(C(=O)OCC)c1ccc(O)cc1Br. The van der Waals surface area contributed by atoms with Crippen molar-refractivity contribution in [1.82, 2.24) is 5.43 Å². The van der Waals surface area contributed by atoms with Crippen LogP contribution in [0.1, 0.15) is 13.8 Å². The summed E-state index contributed by atoms with van der Waals surface area (Å²) in [4.78, 5) is 23.3. The van der Waals surface area contributed by atoms with Gasteiger partial charge in [0.2, 0.25) is 0 Å². The minimum absolute atomic E-state index is 0.0144. The van der Waals surface area contributed by atoms with Crippen molar-refractivity contribution < 1.29 is 24.2 Å². The molecule has 1 rings (SSSR count). The Hall–Kier alpha value is -1.96. The van der Waals surface area contributed by atoms with Crippen LogP contribution in [0, 0.1) is 0 Å². The standard InChI is InChI=1S/C12H15BrN2O5/c1-3-19-11(17)14-15(12(18)20-4-2)10-6-5-8(16)7-9(10)13/h5-7,16H,3-4H2,1-2H3,(H,14,17). The van der Waals surface area contributed by atoms with Crippen molar-refractivity contribution in [3.05, 3.63) is 22.7 Å². The Balaban J connectivity index is 3.02. The lowest BCUT2D eigenvalue weighted by Gasteiger charge is -2.23. The van der Waals surface area contributed by atoms with Crippen LogP contribution in [-0.4, -0.2) is 30.5 Å². The average Bonchev–Trinajstić information content (AvgIpc) is 2.37. The Kier molecular flexibility index (Phi) is 6.10. The summed E-state index contributed by atoms with van der Waals surface area (Å²) in [5.74, 6) is 0.0144. The fourth-order valence-corrected chi connectivity index (χ4v) is 1.87. The second kappa shape index (κ2) is 7.59. The molecular formula is C12H15BrN2O5. The number of hydrogen-bond acceptors (Lipinski definition) is 5. The predicted octanol–water partition coefficient (Wildman–Crippen LogP) is 2.78. The molecule has 0 radical (unpaired) electrons. The van der Waals surface area contributed by atoms with Crippen LogP contribution in [-0.2, 0) is 9.47 Å². The van der Waals surface area contributed by atoms with E-state index in [1.807, 2.05) is 0 Å². The largest absolute Gasteiger partial charge is 0.508 e. The normalized spacial score (nSPS) is 9.75. The molecule has 0 fully saturated rings. The number of benzene rings is 1. The summed E-state index contributed by atoms with van der Waals surface area (Å²) in [6, 6.07) is 4.20. The minimum atomic E-state index is -0.791. The van der Waals surface area contributed by atoms with Crippen LogP contribution < -0.4 is 10.4 Å². The van der Waals surface area contributed by atoms with E-state index in [1.165, 1.54) is 18.2 Å². The van der Waals surface area contributed by atoms with Gasteiger partial charge in [-0.15, -0.1) is 0 Å². The number of amides is 2. The molecule has 2 N–H and O–H groups in total. The number of carbonyl (C=O) groups excluding carboxylic acids is 2. The molecule has 8 heteroatoms. The van der Waals surface area contributed by atoms with Crippen LogP contribution in [0.4, 0.5) is 15.3 Å². The summed E-state index contributed by atoms with van der Waals surface area (Å²) in [6.45, 7) is 3.60. The van der Waals surface area contributed by atoms with Crippen LogP contribution in [0.25, 0.3) is 0 Å². The molecule has 0 aliphatic rings. The van der Waals surface area contributed by atoms with Crippen LogP contribution in [0.5, 0.6) is 5.75 Å². The molecule has 110 valence electrons. The first kappa shape index (κ1) is 16.1. The lowest BCUT2D eigenvalue weighted by Crippen LogP contribution is -2.47. The third-order valence-corrected chi connectivity index (χ3v) is 2.74. The van der Waals surface area contributed by atoms with Gasteiger partial charge in [0.15, 0.2) is 0 Å². The second-order valence-corrected chi connectivity index (χ2v) is 4.36. The van der Waals surface area contributed by atoms with E-state index in [0.717, 1.165) is 5.01 Å². The molecule has 0 aliphatic heterocycles. The maximum absolute atomic E-state index is 11.9. The Morgan fingerprint density at radius 2 is 1.95 bits per heavy atom. The number of anilines is 1. The molecule has 0 spiro atoms. The van der Waals surface area contributed by atoms with E-state index >= 15 is 0 Å². The van der Waals surface area contributed by atoms with Crippen molar-refractivity contribution in [3.63, 3.8) is 0 Å². The summed E-state index contributed by atoms with van der Waals surface area (Å²) in [6.07, 6.45) is -1.56. The number of nitrogens with one attached hydrogen (secondary N) is 1. The Bertz CT molecular complexity index is 495. The highest BCUT2D eigenvalue weighted by Gasteiger charge is 2.22. The smallest absolute Gasteiger partial charge is 0.433 e. The van der Waals surface area contributed by atoms with E-state index in [0.29, 0.717) is 10.2 Å². The number of nitrogens with zero attached hydrogens (tertiary/aromatic N) is 1. The van der Waals surface area contributed by atoms with Gasteiger partial charge in [-0.05, 0) is 48.0 Å². The van der Waals surface area contributed by atoms with Crippen molar-refractivity contribution in [2.75, 3.05) is 18.2 Å². The van der Waals surface area contributed by atoms with E-state index in [2.05, 4.69) is 21.4 Å². The molecule has 0 aromatic heterocycles. The highest BCUT2D eigenvalue weighted by atomic mass is 79.9. The average molecular weight is 347 g/mol. The van der Waals surface area contributed by atoms with Gasteiger partial charge in [-0.25, -0.2) is 15.0 Å². The number of hydrogen-bond donors (Lipinski definition) is 2. The van der Waals surface area contributed by atoms with Crippen molar-refractivity contribution in [2.45, 2.75) is 13.8 Å². The molecule has 20 heavy (non-hydrogen) atoms. The number of aromatic hydroxyl groups is 1. The van der Waals surface area contributed by atoms with Gasteiger partial charge in [-0.1, -0.05) is 0 Å². The van der Waals surface area contributed by atoms with Gasteiger partial charge >= 0.3 is 12.2 Å². The Morgan fingerprint density at radius 1 is 1.30 bits per heavy atom. The molecule has 0 aliphatic carbocycles. The van der Waals surface area contributed by atoms with Gasteiger partial charge in [-0.2, -0.15) is 5.01 Å². The van der Waals surface area contributed by atoms with Crippen molar-refractivity contribution >= 4 is 33.8 Å². The van der Waals surface area contributed by atoms with E-state index in [4.69, 9.17) is 9.47 Å². The number of halogens is 1. The molecule has 0 saturated heterocycles. The highest BCUT2D eigenvalue weighted by Crippen LogP contribution is 2.29. The van der Waals surface area contributed by atoms with E-state index < -0.39 is 12.2 Å². The topological polar surface area (TPSA) is 88.1 Å². The number of hydrazine groups is 1. The zero-order chi connectivity index (χ0) is 15.1. The molecule has 0 saturated carbocycles. The van der Waals surface area contributed by atoms with Crippen LogP contribution in [0.2, 0.25) is 0 Å². The predicted molar refractivity (Wildman–Crippen MR) is 75.5 cm³/mol. The van der Waals surface area contributed by atoms with E-state index in [1.54, 1.807) is 13.8 Å². The Labute approximate surface area is 124 Å². The molecule has 0 atom stereocenters. The van der Waals surface area contributed by atoms with Crippen LogP contribution in [0.15, 0.2) is 22.7 Å². The van der Waals surface area contributed by atoms with Gasteiger partial charge < -0.3 is 14.6 Å². The molecule has 0 bridgehead atoms. The molecular weight excluding hydrogens is 332 g/mol. The zero-order valence-electron chi connectivity index (χ0n) is 11.1. The summed E-state index contributed by atoms with van der Waals surface area (Å²) < 4.78 is 9.98. The van der Waals surface area contributed by atoms with Crippen LogP contribution in [0.3, 0.4) is 0 Å². The summed E-state index contributed by atoms with van der Waals surface area (Å²) in [5.41, 5.74) is 2.57. The third-order valence-electron chi connectivity index (χ3n) is 2.10. The van der Waals surface area contributed by atoms with E-state index in [9.17, 15) is 14.7 Å². The number of rotatable bonds is 3. The first-order valence-corrected chi connectivity index (χ1v) is 6.67.